The lowest BCUT2D eigenvalue weighted by Gasteiger charge is -2.34. The van der Waals surface area contributed by atoms with Gasteiger partial charge in [0.2, 0.25) is 0 Å². The fraction of sp³-hybridized carbons (Fsp3) is 0.0714. The predicted octanol–water partition coefficient (Wildman–Crippen LogP) is 14.1. The second-order valence-corrected chi connectivity index (χ2v) is 15.6. The molecule has 2 aliphatic rings. The Bertz CT molecular complexity index is 3050. The van der Waals surface area contributed by atoms with Crippen molar-refractivity contribution in [1.29, 1.82) is 0 Å². The Morgan fingerprint density at radius 2 is 1.00 bits per heavy atom. The maximum Gasteiger partial charge on any atom is 0.104 e. The quantitative estimate of drug-likeness (QED) is 0.177. The van der Waals surface area contributed by atoms with Crippen LogP contribution in [0.25, 0.3) is 77.5 Å². The number of hydrogen-bond acceptors (Lipinski definition) is 2. The molecule has 9 aromatic carbocycles. The van der Waals surface area contributed by atoms with Gasteiger partial charge >= 0.3 is 0 Å². The van der Waals surface area contributed by atoms with Gasteiger partial charge in [0.1, 0.15) is 6.17 Å². The van der Waals surface area contributed by atoms with Crippen LogP contribution in [0.3, 0.4) is 0 Å². The Morgan fingerprint density at radius 1 is 0.431 bits per heavy atom. The highest BCUT2D eigenvalue weighted by Crippen LogP contribution is 2.40. The molecule has 2 nitrogen and oxygen atoms in total. The number of rotatable bonds is 6. The van der Waals surface area contributed by atoms with Crippen LogP contribution in [0, 0.1) is 0 Å². The van der Waals surface area contributed by atoms with E-state index in [1.807, 2.05) is 0 Å². The van der Waals surface area contributed by atoms with Crippen LogP contribution in [0.4, 0.5) is 0 Å². The van der Waals surface area contributed by atoms with Crippen molar-refractivity contribution in [3.8, 4) is 33.4 Å². The normalized spacial score (nSPS) is 16.2. The summed E-state index contributed by atoms with van der Waals surface area (Å²) >= 11 is 0. The second kappa shape index (κ2) is 14.5. The number of allylic oxidation sites excluding steroid dienone is 1. The summed E-state index contributed by atoms with van der Waals surface area (Å²) in [7, 11) is 0. The molecule has 0 amide bonds. The molecule has 1 aliphatic heterocycles. The highest BCUT2D eigenvalue weighted by atomic mass is 15.2. The third kappa shape index (κ3) is 6.10. The van der Waals surface area contributed by atoms with Crippen LogP contribution in [-0.4, -0.2) is 0 Å². The molecule has 0 spiro atoms. The van der Waals surface area contributed by atoms with Crippen LogP contribution in [0.1, 0.15) is 46.4 Å². The van der Waals surface area contributed by atoms with Crippen molar-refractivity contribution < 1.29 is 0 Å². The van der Waals surface area contributed by atoms with E-state index in [1.54, 1.807) is 0 Å². The molecule has 1 aliphatic carbocycles. The van der Waals surface area contributed by atoms with Crippen molar-refractivity contribution in [1.82, 2.24) is 10.6 Å². The SMILES string of the molecule is C1=Cc2c(cccc2-c2ccc(C3=CC(c4ccc(-c5cccc6ccccc56)c5ccccc45)NC(c4ccc(-c5cccc6ccccc56)cc4)N3)cc2)CC1. The van der Waals surface area contributed by atoms with Gasteiger partial charge in [0.25, 0.3) is 0 Å². The minimum atomic E-state index is -0.117. The lowest BCUT2D eigenvalue weighted by atomic mass is 9.88. The molecular formula is C56H42N2. The van der Waals surface area contributed by atoms with Gasteiger partial charge in [-0.05, 0) is 112 Å². The second-order valence-electron chi connectivity index (χ2n) is 15.6. The van der Waals surface area contributed by atoms with Crippen molar-refractivity contribution in [3.63, 3.8) is 0 Å². The van der Waals surface area contributed by atoms with E-state index in [9.17, 15) is 0 Å². The van der Waals surface area contributed by atoms with Crippen LogP contribution in [0.2, 0.25) is 0 Å². The van der Waals surface area contributed by atoms with Crippen LogP contribution in [0.15, 0.2) is 200 Å². The first-order chi connectivity index (χ1) is 28.7. The zero-order chi connectivity index (χ0) is 38.4. The third-order valence-electron chi connectivity index (χ3n) is 12.3. The van der Waals surface area contributed by atoms with Crippen molar-refractivity contribution in [2.24, 2.45) is 0 Å². The molecular weight excluding hydrogens is 701 g/mol. The van der Waals surface area contributed by atoms with Gasteiger partial charge in [0, 0.05) is 5.70 Å². The third-order valence-corrected chi connectivity index (χ3v) is 12.3. The van der Waals surface area contributed by atoms with Crippen LogP contribution >= 0.6 is 0 Å². The lowest BCUT2D eigenvalue weighted by Crippen LogP contribution is -2.39. The molecule has 11 rings (SSSR count). The average Bonchev–Trinajstić information content (AvgIpc) is 3.30. The summed E-state index contributed by atoms with van der Waals surface area (Å²) in [4.78, 5) is 0. The summed E-state index contributed by atoms with van der Waals surface area (Å²) in [6.07, 6.45) is 9.08. The van der Waals surface area contributed by atoms with Crippen molar-refractivity contribution in [3.05, 3.63) is 228 Å². The Hall–Kier alpha value is -7.00. The number of nitrogens with one attached hydrogen (secondary N) is 2. The van der Waals surface area contributed by atoms with Crippen LogP contribution in [-0.2, 0) is 6.42 Å². The van der Waals surface area contributed by atoms with Crippen molar-refractivity contribution in [2.75, 3.05) is 0 Å². The van der Waals surface area contributed by atoms with E-state index in [-0.39, 0.29) is 12.2 Å². The fourth-order valence-electron chi connectivity index (χ4n) is 9.35. The first-order valence-electron chi connectivity index (χ1n) is 20.5. The van der Waals surface area contributed by atoms with E-state index in [0.717, 1.165) is 18.5 Å². The van der Waals surface area contributed by atoms with E-state index in [4.69, 9.17) is 0 Å². The van der Waals surface area contributed by atoms with Crippen LogP contribution in [0.5, 0.6) is 0 Å². The van der Waals surface area contributed by atoms with Gasteiger partial charge < -0.3 is 5.32 Å². The Morgan fingerprint density at radius 3 is 1.78 bits per heavy atom. The van der Waals surface area contributed by atoms with Crippen molar-refractivity contribution in [2.45, 2.75) is 25.0 Å². The topological polar surface area (TPSA) is 24.1 Å². The van der Waals surface area contributed by atoms with Gasteiger partial charge in [0.15, 0.2) is 0 Å². The molecule has 0 bridgehead atoms. The molecule has 2 atom stereocenters. The standard InChI is InChI=1S/C56H42N2/c1-4-18-44-37(12-1)15-9-23-46(44)40-26-30-42(31-27-40)54-36-55(58-56(57-54)43-32-28-41(29-33-43)47-24-10-16-38-13-2-5-19-45(38)47)53-35-34-52(50-21-7-8-22-51(50)53)49-25-11-17-39-14-3-6-20-48(39)49/h2-11,13-36,55-58H,1,12H2. The molecule has 2 unspecified atom stereocenters. The molecule has 2 N–H and O–H groups in total. The fourth-order valence-corrected chi connectivity index (χ4v) is 9.35. The smallest absolute Gasteiger partial charge is 0.104 e. The lowest BCUT2D eigenvalue weighted by molar-refractivity contribution is 0.444. The molecule has 0 aromatic heterocycles. The molecule has 2 heteroatoms. The number of benzene rings is 9. The summed E-state index contributed by atoms with van der Waals surface area (Å²) in [5, 5.41) is 15.5. The molecule has 0 fully saturated rings. The summed E-state index contributed by atoms with van der Waals surface area (Å²) in [5.74, 6) is 0. The van der Waals surface area contributed by atoms with Gasteiger partial charge in [-0.1, -0.05) is 200 Å². The largest absolute Gasteiger partial charge is 0.366 e. The van der Waals surface area contributed by atoms with Crippen molar-refractivity contribution >= 4 is 44.1 Å². The maximum atomic E-state index is 4.03. The summed E-state index contributed by atoms with van der Waals surface area (Å²) in [5.41, 5.74) is 15.0. The highest BCUT2D eigenvalue weighted by molar-refractivity contribution is 6.06. The van der Waals surface area contributed by atoms with Gasteiger partial charge in [-0.3, -0.25) is 5.32 Å². The zero-order valence-electron chi connectivity index (χ0n) is 32.2. The van der Waals surface area contributed by atoms with E-state index < -0.39 is 0 Å². The summed E-state index contributed by atoms with van der Waals surface area (Å²) in [6.45, 7) is 0. The average molecular weight is 743 g/mol. The minimum Gasteiger partial charge on any atom is -0.366 e. The predicted molar refractivity (Wildman–Crippen MR) is 245 cm³/mol. The summed E-state index contributed by atoms with van der Waals surface area (Å²) in [6, 6.07) is 69.0. The first-order valence-corrected chi connectivity index (χ1v) is 20.5. The van der Waals surface area contributed by atoms with Gasteiger partial charge in [0.05, 0.1) is 6.04 Å². The van der Waals surface area contributed by atoms with Gasteiger partial charge in [-0.15, -0.1) is 0 Å². The molecule has 1 heterocycles. The first kappa shape index (κ1) is 34.3. The number of fused-ring (bicyclic) bond motifs is 4. The Balaban J connectivity index is 1.00. The molecule has 9 aromatic rings. The highest BCUT2D eigenvalue weighted by Gasteiger charge is 2.26. The van der Waals surface area contributed by atoms with E-state index >= 15 is 0 Å². The molecule has 0 saturated carbocycles. The molecule has 276 valence electrons. The number of hydrogen-bond donors (Lipinski definition) is 2. The van der Waals surface area contributed by atoms with Gasteiger partial charge in [-0.25, -0.2) is 0 Å². The van der Waals surface area contributed by atoms with Crippen LogP contribution < -0.4 is 10.6 Å². The van der Waals surface area contributed by atoms with E-state index in [1.165, 1.54) is 93.5 Å². The number of aryl methyl sites for hydroxylation is 1. The van der Waals surface area contributed by atoms with Gasteiger partial charge in [-0.2, -0.15) is 0 Å². The zero-order valence-corrected chi connectivity index (χ0v) is 32.2. The summed E-state index contributed by atoms with van der Waals surface area (Å²) < 4.78 is 0. The Kier molecular flexibility index (Phi) is 8.56. The molecule has 0 saturated heterocycles. The van der Waals surface area contributed by atoms with E-state index in [2.05, 4.69) is 217 Å². The Labute approximate surface area is 339 Å². The van der Waals surface area contributed by atoms with E-state index in [0.29, 0.717) is 0 Å². The molecule has 0 radical (unpaired) electrons. The monoisotopic (exact) mass is 742 g/mol. The minimum absolute atomic E-state index is 0.0450. The maximum absolute atomic E-state index is 4.03. The molecule has 58 heavy (non-hydrogen) atoms.